The number of amides is 1. The normalized spacial score (nSPS) is 17.7. The van der Waals surface area contributed by atoms with Gasteiger partial charge in [0.2, 0.25) is 5.91 Å². The lowest BCUT2D eigenvalue weighted by atomic mass is 10.1. The largest absolute Gasteiger partial charge is 0.358 e. The molecule has 1 saturated heterocycles. The molecule has 6 nitrogen and oxygen atoms in total. The Morgan fingerprint density at radius 2 is 2.00 bits per heavy atom. The Labute approximate surface area is 140 Å². The lowest BCUT2D eigenvalue weighted by molar-refractivity contribution is -0.127. The molecule has 0 saturated carbocycles. The van der Waals surface area contributed by atoms with Crippen LogP contribution in [0.2, 0.25) is 0 Å². The van der Waals surface area contributed by atoms with Crippen LogP contribution in [0.15, 0.2) is 42.5 Å². The average molecular weight is 321 g/mol. The maximum Gasteiger partial charge on any atom is 0.244 e. The van der Waals surface area contributed by atoms with Crippen LogP contribution in [-0.2, 0) is 4.79 Å². The van der Waals surface area contributed by atoms with E-state index in [0.29, 0.717) is 0 Å². The van der Waals surface area contributed by atoms with E-state index in [4.69, 9.17) is 4.98 Å². The Bertz CT molecular complexity index is 902. The van der Waals surface area contributed by atoms with E-state index in [1.807, 2.05) is 56.4 Å². The van der Waals surface area contributed by atoms with Crippen LogP contribution in [0, 0.1) is 6.92 Å². The summed E-state index contributed by atoms with van der Waals surface area (Å²) in [4.78, 5) is 18.7. The number of carbonyl (C=O) groups is 1. The molecule has 1 aliphatic rings. The zero-order chi connectivity index (χ0) is 16.7. The van der Waals surface area contributed by atoms with Crippen LogP contribution in [0.3, 0.4) is 0 Å². The third-order valence-electron chi connectivity index (χ3n) is 4.37. The molecule has 0 unspecified atom stereocenters. The second-order valence-corrected chi connectivity index (χ2v) is 6.19. The summed E-state index contributed by atoms with van der Waals surface area (Å²) < 4.78 is 1.77. The number of anilines is 1. The molecular formula is C18H19N5O. The number of aryl methyl sites for hydroxylation is 1. The topological polar surface area (TPSA) is 62.5 Å². The van der Waals surface area contributed by atoms with Gasteiger partial charge < -0.3 is 10.2 Å². The zero-order valence-corrected chi connectivity index (χ0v) is 13.7. The van der Waals surface area contributed by atoms with Crippen molar-refractivity contribution < 1.29 is 4.79 Å². The number of aromatic nitrogens is 3. The van der Waals surface area contributed by atoms with Crippen molar-refractivity contribution in [1.82, 2.24) is 19.5 Å². The smallest absolute Gasteiger partial charge is 0.244 e. The van der Waals surface area contributed by atoms with Crippen molar-refractivity contribution in [3.8, 4) is 11.3 Å². The zero-order valence-electron chi connectivity index (χ0n) is 13.7. The summed E-state index contributed by atoms with van der Waals surface area (Å²) in [6.07, 6.45) is 0.792. The van der Waals surface area contributed by atoms with Crippen molar-refractivity contribution in [2.45, 2.75) is 19.4 Å². The first-order valence-corrected chi connectivity index (χ1v) is 8.06. The number of hydrogen-bond donors (Lipinski definition) is 1. The molecular weight excluding hydrogens is 302 g/mol. The van der Waals surface area contributed by atoms with E-state index in [-0.39, 0.29) is 11.9 Å². The van der Waals surface area contributed by atoms with Gasteiger partial charge in [-0.25, -0.2) is 4.98 Å². The molecule has 1 N–H and O–H groups in total. The fourth-order valence-corrected chi connectivity index (χ4v) is 3.08. The number of benzene rings is 1. The Morgan fingerprint density at radius 1 is 1.21 bits per heavy atom. The Morgan fingerprint density at radius 3 is 2.71 bits per heavy atom. The van der Waals surface area contributed by atoms with Crippen LogP contribution in [0.5, 0.6) is 0 Å². The first kappa shape index (κ1) is 14.7. The molecule has 1 amide bonds. The number of carbonyl (C=O) groups excluding carboxylic acids is 1. The van der Waals surface area contributed by atoms with Gasteiger partial charge in [0, 0.05) is 31.3 Å². The molecule has 1 atom stereocenters. The molecule has 0 aliphatic carbocycles. The van der Waals surface area contributed by atoms with Gasteiger partial charge in [-0.05, 0) is 13.3 Å². The number of likely N-dealkylation sites (tertiary alicyclic amines) is 1. The predicted octanol–water partition coefficient (Wildman–Crippen LogP) is 2.35. The number of nitrogens with zero attached hydrogens (tertiary/aromatic N) is 4. The number of nitrogens with one attached hydrogen (secondary N) is 1. The number of hydrogen-bond acceptors (Lipinski definition) is 4. The highest BCUT2D eigenvalue weighted by molar-refractivity contribution is 5.86. The van der Waals surface area contributed by atoms with Gasteiger partial charge in [-0.15, -0.1) is 0 Å². The molecule has 1 aliphatic heterocycles. The van der Waals surface area contributed by atoms with Crippen molar-refractivity contribution in [2.24, 2.45) is 0 Å². The third-order valence-corrected chi connectivity index (χ3v) is 4.37. The Hall–Kier alpha value is -2.89. The van der Waals surface area contributed by atoms with E-state index in [2.05, 4.69) is 10.4 Å². The second kappa shape index (κ2) is 5.63. The summed E-state index contributed by atoms with van der Waals surface area (Å²) in [6, 6.07) is 13.7. The van der Waals surface area contributed by atoms with Gasteiger partial charge in [-0.3, -0.25) is 4.79 Å². The highest BCUT2D eigenvalue weighted by Gasteiger charge is 2.29. The van der Waals surface area contributed by atoms with E-state index >= 15 is 0 Å². The minimum atomic E-state index is -0.214. The van der Waals surface area contributed by atoms with Crippen LogP contribution >= 0.6 is 0 Å². The van der Waals surface area contributed by atoms with Crippen LogP contribution in [0.1, 0.15) is 12.1 Å². The van der Waals surface area contributed by atoms with Crippen LogP contribution < -0.4 is 5.32 Å². The summed E-state index contributed by atoms with van der Waals surface area (Å²) in [5.41, 5.74) is 3.57. The van der Waals surface area contributed by atoms with E-state index in [1.54, 1.807) is 9.42 Å². The molecule has 122 valence electrons. The van der Waals surface area contributed by atoms with Crippen LogP contribution in [-0.4, -0.2) is 45.0 Å². The standard InChI is InChI=1S/C18H19N5O/c1-12-10-16-20-15(13-6-4-3-5-7-13)11-17(23(16)21-12)19-14-8-9-22(2)18(14)24/h3-7,10-11,14,19H,8-9H2,1-2H3/t14-/m1/s1. The quantitative estimate of drug-likeness (QED) is 0.804. The molecule has 1 fully saturated rings. The summed E-state index contributed by atoms with van der Waals surface area (Å²) in [7, 11) is 1.83. The molecule has 24 heavy (non-hydrogen) atoms. The minimum Gasteiger partial charge on any atom is -0.358 e. The lowest BCUT2D eigenvalue weighted by Crippen LogP contribution is -2.31. The van der Waals surface area contributed by atoms with E-state index in [1.165, 1.54) is 0 Å². The van der Waals surface area contributed by atoms with E-state index in [9.17, 15) is 4.79 Å². The highest BCUT2D eigenvalue weighted by atomic mass is 16.2. The van der Waals surface area contributed by atoms with Crippen molar-refractivity contribution >= 4 is 17.4 Å². The van der Waals surface area contributed by atoms with Crippen LogP contribution in [0.4, 0.5) is 5.82 Å². The molecule has 2 aromatic heterocycles. The number of likely N-dealkylation sites (N-methyl/N-ethyl adjacent to an activating group) is 1. The van der Waals surface area contributed by atoms with E-state index in [0.717, 1.165) is 41.4 Å². The molecule has 1 aromatic carbocycles. The van der Waals surface area contributed by atoms with Gasteiger partial charge in [0.15, 0.2) is 5.65 Å². The molecule has 3 aromatic rings. The van der Waals surface area contributed by atoms with Gasteiger partial charge in [-0.1, -0.05) is 30.3 Å². The van der Waals surface area contributed by atoms with Crippen molar-refractivity contribution in [3.63, 3.8) is 0 Å². The van der Waals surface area contributed by atoms with Crippen molar-refractivity contribution in [1.29, 1.82) is 0 Å². The van der Waals surface area contributed by atoms with Gasteiger partial charge in [0.1, 0.15) is 11.9 Å². The summed E-state index contributed by atoms with van der Waals surface area (Å²) in [6.45, 7) is 2.71. The van der Waals surface area contributed by atoms with Gasteiger partial charge in [0.25, 0.3) is 0 Å². The SMILES string of the molecule is Cc1cc2nc(-c3ccccc3)cc(N[C@@H]3CCN(C)C3=O)n2n1. The Balaban J connectivity index is 1.79. The molecule has 0 spiro atoms. The number of rotatable bonds is 3. The highest BCUT2D eigenvalue weighted by Crippen LogP contribution is 2.24. The number of fused-ring (bicyclic) bond motifs is 1. The predicted molar refractivity (Wildman–Crippen MR) is 92.8 cm³/mol. The third kappa shape index (κ3) is 2.50. The summed E-state index contributed by atoms with van der Waals surface area (Å²) >= 11 is 0. The summed E-state index contributed by atoms with van der Waals surface area (Å²) in [5, 5.41) is 7.86. The minimum absolute atomic E-state index is 0.116. The fourth-order valence-electron chi connectivity index (χ4n) is 3.08. The average Bonchev–Trinajstić information content (AvgIpc) is 3.12. The molecule has 4 rings (SSSR count). The van der Waals surface area contributed by atoms with Gasteiger partial charge >= 0.3 is 0 Å². The second-order valence-electron chi connectivity index (χ2n) is 6.19. The molecule has 3 heterocycles. The van der Waals surface area contributed by atoms with Gasteiger partial charge in [-0.2, -0.15) is 9.61 Å². The van der Waals surface area contributed by atoms with E-state index < -0.39 is 0 Å². The molecule has 0 bridgehead atoms. The first-order valence-electron chi connectivity index (χ1n) is 8.06. The first-order chi connectivity index (χ1) is 11.6. The maximum absolute atomic E-state index is 12.2. The fraction of sp³-hybridized carbons (Fsp3) is 0.278. The summed E-state index contributed by atoms with van der Waals surface area (Å²) in [5.74, 6) is 0.908. The molecule has 6 heteroatoms. The van der Waals surface area contributed by atoms with Gasteiger partial charge in [0.05, 0.1) is 11.4 Å². The van der Waals surface area contributed by atoms with Crippen molar-refractivity contribution in [3.05, 3.63) is 48.2 Å². The van der Waals surface area contributed by atoms with Crippen LogP contribution in [0.25, 0.3) is 16.9 Å². The monoisotopic (exact) mass is 321 g/mol. The maximum atomic E-state index is 12.2. The Kier molecular flexibility index (Phi) is 3.45. The lowest BCUT2D eigenvalue weighted by Gasteiger charge is -2.15. The molecule has 0 radical (unpaired) electrons. The van der Waals surface area contributed by atoms with Crippen molar-refractivity contribution in [2.75, 3.05) is 18.9 Å².